The maximum Gasteiger partial charge on any atom is 0.326 e. The minimum atomic E-state index is -0.901. The fourth-order valence-electron chi connectivity index (χ4n) is 2.59. The standard InChI is InChI=1S/C15H20N2O3/c1-16(10-12-6-3-2-4-7-12)11-14(18)17-9-5-8-13(17)15(19)20/h2-4,6-7,13H,5,8-11H2,1H3,(H,19,20)/t13-/m0/s1. The molecule has 1 aliphatic rings. The van der Waals surface area contributed by atoms with E-state index in [1.54, 1.807) is 0 Å². The Balaban J connectivity index is 1.89. The average molecular weight is 276 g/mol. The zero-order chi connectivity index (χ0) is 14.5. The first kappa shape index (κ1) is 14.5. The molecular formula is C15H20N2O3. The van der Waals surface area contributed by atoms with Crippen LogP contribution >= 0.6 is 0 Å². The molecule has 1 heterocycles. The molecule has 1 saturated heterocycles. The Morgan fingerprint density at radius 3 is 2.70 bits per heavy atom. The van der Waals surface area contributed by atoms with Crippen molar-refractivity contribution in [3.8, 4) is 0 Å². The van der Waals surface area contributed by atoms with Crippen LogP contribution in [0.5, 0.6) is 0 Å². The molecule has 0 unspecified atom stereocenters. The van der Waals surface area contributed by atoms with Gasteiger partial charge in [-0.15, -0.1) is 0 Å². The van der Waals surface area contributed by atoms with Crippen LogP contribution in [0.2, 0.25) is 0 Å². The van der Waals surface area contributed by atoms with Crippen molar-refractivity contribution < 1.29 is 14.7 Å². The van der Waals surface area contributed by atoms with Crippen molar-refractivity contribution in [3.63, 3.8) is 0 Å². The molecule has 0 aromatic heterocycles. The Labute approximate surface area is 118 Å². The lowest BCUT2D eigenvalue weighted by Crippen LogP contribution is -2.44. The van der Waals surface area contributed by atoms with E-state index in [0.29, 0.717) is 19.5 Å². The molecule has 1 fully saturated rings. The summed E-state index contributed by atoms with van der Waals surface area (Å²) in [6.45, 7) is 1.48. The van der Waals surface area contributed by atoms with Crippen molar-refractivity contribution in [2.24, 2.45) is 0 Å². The molecule has 0 aliphatic carbocycles. The number of carbonyl (C=O) groups is 2. The molecule has 5 heteroatoms. The lowest BCUT2D eigenvalue weighted by atomic mass is 10.2. The van der Waals surface area contributed by atoms with Gasteiger partial charge in [0.15, 0.2) is 0 Å². The van der Waals surface area contributed by atoms with Gasteiger partial charge in [-0.05, 0) is 25.5 Å². The van der Waals surface area contributed by atoms with Gasteiger partial charge in [0.05, 0.1) is 6.54 Å². The number of rotatable bonds is 5. The molecule has 1 amide bonds. The molecular weight excluding hydrogens is 256 g/mol. The van der Waals surface area contributed by atoms with Gasteiger partial charge in [0.1, 0.15) is 6.04 Å². The molecule has 1 N–H and O–H groups in total. The van der Waals surface area contributed by atoms with Crippen molar-refractivity contribution in [2.45, 2.75) is 25.4 Å². The molecule has 1 atom stereocenters. The minimum Gasteiger partial charge on any atom is -0.480 e. The smallest absolute Gasteiger partial charge is 0.326 e. The molecule has 0 saturated carbocycles. The van der Waals surface area contributed by atoms with Crippen molar-refractivity contribution in [1.29, 1.82) is 0 Å². The predicted molar refractivity (Wildman–Crippen MR) is 75.1 cm³/mol. The highest BCUT2D eigenvalue weighted by Gasteiger charge is 2.33. The Morgan fingerprint density at radius 2 is 2.05 bits per heavy atom. The zero-order valence-corrected chi connectivity index (χ0v) is 11.7. The Hall–Kier alpha value is -1.88. The van der Waals surface area contributed by atoms with Crippen LogP contribution in [0, 0.1) is 0 Å². The maximum atomic E-state index is 12.2. The SMILES string of the molecule is CN(CC(=O)N1CCC[C@H]1C(=O)O)Cc1ccccc1. The number of likely N-dealkylation sites (tertiary alicyclic amines) is 1. The van der Waals surface area contributed by atoms with Crippen LogP contribution in [0.15, 0.2) is 30.3 Å². The van der Waals surface area contributed by atoms with E-state index in [1.165, 1.54) is 4.90 Å². The highest BCUT2D eigenvalue weighted by atomic mass is 16.4. The number of carbonyl (C=O) groups excluding carboxylic acids is 1. The van der Waals surface area contributed by atoms with Crippen LogP contribution < -0.4 is 0 Å². The van der Waals surface area contributed by atoms with E-state index in [2.05, 4.69) is 0 Å². The third-order valence-corrected chi connectivity index (χ3v) is 3.56. The molecule has 0 spiro atoms. The van der Waals surface area contributed by atoms with Gasteiger partial charge in [-0.25, -0.2) is 4.79 Å². The van der Waals surface area contributed by atoms with Crippen LogP contribution in [0.25, 0.3) is 0 Å². The summed E-state index contributed by atoms with van der Waals surface area (Å²) >= 11 is 0. The van der Waals surface area contributed by atoms with Gasteiger partial charge in [-0.2, -0.15) is 0 Å². The lowest BCUT2D eigenvalue weighted by Gasteiger charge is -2.24. The fourth-order valence-corrected chi connectivity index (χ4v) is 2.59. The second-order valence-corrected chi connectivity index (χ2v) is 5.24. The summed E-state index contributed by atoms with van der Waals surface area (Å²) in [4.78, 5) is 26.7. The number of benzene rings is 1. The number of nitrogens with zero attached hydrogens (tertiary/aromatic N) is 2. The van der Waals surface area contributed by atoms with Crippen LogP contribution in [0.1, 0.15) is 18.4 Å². The number of carboxylic acid groups (broad SMARTS) is 1. The van der Waals surface area contributed by atoms with Crippen LogP contribution in [-0.4, -0.2) is 53.0 Å². The van der Waals surface area contributed by atoms with Crippen LogP contribution in [0.3, 0.4) is 0 Å². The number of aliphatic carboxylic acids is 1. The summed E-state index contributed by atoms with van der Waals surface area (Å²) in [7, 11) is 1.87. The monoisotopic (exact) mass is 276 g/mol. The van der Waals surface area contributed by atoms with Gasteiger partial charge >= 0.3 is 5.97 Å². The van der Waals surface area contributed by atoms with E-state index in [4.69, 9.17) is 5.11 Å². The minimum absolute atomic E-state index is 0.103. The van der Waals surface area contributed by atoms with Gasteiger partial charge in [-0.1, -0.05) is 30.3 Å². The lowest BCUT2D eigenvalue weighted by molar-refractivity contribution is -0.148. The second kappa shape index (κ2) is 6.52. The maximum absolute atomic E-state index is 12.2. The molecule has 1 aromatic carbocycles. The van der Waals surface area contributed by atoms with Gasteiger partial charge in [-0.3, -0.25) is 9.69 Å². The molecule has 0 bridgehead atoms. The molecule has 108 valence electrons. The van der Waals surface area contributed by atoms with Gasteiger partial charge in [0.2, 0.25) is 5.91 Å². The van der Waals surface area contributed by atoms with E-state index in [9.17, 15) is 9.59 Å². The number of carboxylic acids is 1. The van der Waals surface area contributed by atoms with E-state index in [-0.39, 0.29) is 12.5 Å². The number of amides is 1. The van der Waals surface area contributed by atoms with Gasteiger partial charge < -0.3 is 10.0 Å². The topological polar surface area (TPSA) is 60.9 Å². The first-order chi connectivity index (χ1) is 9.58. The second-order valence-electron chi connectivity index (χ2n) is 5.24. The molecule has 20 heavy (non-hydrogen) atoms. The van der Waals surface area contributed by atoms with Crippen molar-refractivity contribution in [2.75, 3.05) is 20.1 Å². The van der Waals surface area contributed by atoms with Crippen molar-refractivity contribution >= 4 is 11.9 Å². The predicted octanol–water partition coefficient (Wildman–Crippen LogP) is 1.19. The Morgan fingerprint density at radius 1 is 1.35 bits per heavy atom. The highest BCUT2D eigenvalue weighted by molar-refractivity contribution is 5.85. The molecule has 2 rings (SSSR count). The molecule has 1 aromatic rings. The van der Waals surface area contributed by atoms with E-state index in [1.807, 2.05) is 42.3 Å². The van der Waals surface area contributed by atoms with Gasteiger partial charge in [0, 0.05) is 13.1 Å². The number of hydrogen-bond donors (Lipinski definition) is 1. The normalized spacial score (nSPS) is 18.5. The molecule has 1 aliphatic heterocycles. The van der Waals surface area contributed by atoms with E-state index < -0.39 is 12.0 Å². The first-order valence-corrected chi connectivity index (χ1v) is 6.82. The van der Waals surface area contributed by atoms with Gasteiger partial charge in [0.25, 0.3) is 0 Å². The Kier molecular flexibility index (Phi) is 4.74. The number of hydrogen-bond acceptors (Lipinski definition) is 3. The van der Waals surface area contributed by atoms with Crippen LogP contribution in [-0.2, 0) is 16.1 Å². The van der Waals surface area contributed by atoms with E-state index in [0.717, 1.165) is 12.0 Å². The first-order valence-electron chi connectivity index (χ1n) is 6.82. The summed E-state index contributed by atoms with van der Waals surface area (Å²) in [6.07, 6.45) is 1.33. The number of likely N-dealkylation sites (N-methyl/N-ethyl adjacent to an activating group) is 1. The highest BCUT2D eigenvalue weighted by Crippen LogP contribution is 2.17. The third-order valence-electron chi connectivity index (χ3n) is 3.56. The van der Waals surface area contributed by atoms with Crippen molar-refractivity contribution in [1.82, 2.24) is 9.80 Å². The largest absolute Gasteiger partial charge is 0.480 e. The summed E-state index contributed by atoms with van der Waals surface area (Å²) in [6, 6.07) is 9.26. The summed E-state index contributed by atoms with van der Waals surface area (Å²) in [5.74, 6) is -1.00. The molecule has 5 nitrogen and oxygen atoms in total. The van der Waals surface area contributed by atoms with Crippen molar-refractivity contribution in [3.05, 3.63) is 35.9 Å². The summed E-state index contributed by atoms with van der Waals surface area (Å²) < 4.78 is 0. The zero-order valence-electron chi connectivity index (χ0n) is 11.7. The van der Waals surface area contributed by atoms with E-state index >= 15 is 0 Å². The molecule has 0 radical (unpaired) electrons. The summed E-state index contributed by atoms with van der Waals surface area (Å²) in [5.41, 5.74) is 1.14. The third kappa shape index (κ3) is 3.57. The van der Waals surface area contributed by atoms with Crippen LogP contribution in [0.4, 0.5) is 0 Å². The quantitative estimate of drug-likeness (QED) is 0.877. The Bertz CT molecular complexity index is 475. The average Bonchev–Trinajstić information content (AvgIpc) is 2.89. The summed E-state index contributed by atoms with van der Waals surface area (Å²) in [5, 5.41) is 9.09. The fraction of sp³-hybridized carbons (Fsp3) is 0.467.